The molecule has 2 aromatic rings. The normalized spacial score (nSPS) is 10.2. The van der Waals surface area contributed by atoms with E-state index in [9.17, 15) is 9.59 Å². The molecule has 2 N–H and O–H groups in total. The Morgan fingerprint density at radius 3 is 2.40 bits per heavy atom. The Hall–Kier alpha value is -2.80. The average molecular weight is 475 g/mol. The molecule has 0 saturated carbocycles. The van der Waals surface area contributed by atoms with E-state index in [1.54, 1.807) is 42.5 Å². The highest BCUT2D eigenvalue weighted by atomic mass is 79.9. The van der Waals surface area contributed by atoms with Crippen LogP contribution in [0.2, 0.25) is 0 Å². The molecule has 0 aliphatic rings. The number of hydrogen-bond acceptors (Lipinski definition) is 4. The molecule has 0 unspecified atom stereocenters. The van der Waals surface area contributed by atoms with Gasteiger partial charge in [-0.1, -0.05) is 66.9 Å². The molecule has 6 nitrogen and oxygen atoms in total. The number of amides is 2. The average Bonchev–Trinajstić information content (AvgIpc) is 2.76. The minimum Gasteiger partial charge on any atom is -0.493 e. The van der Waals surface area contributed by atoms with Gasteiger partial charge in [-0.05, 0) is 36.8 Å². The molecule has 0 radical (unpaired) electrons. The highest BCUT2D eigenvalue weighted by Crippen LogP contribution is 2.24. The number of halogens is 1. The van der Waals surface area contributed by atoms with Crippen molar-refractivity contribution in [2.45, 2.75) is 32.6 Å². The molecule has 160 valence electrons. The van der Waals surface area contributed by atoms with Crippen molar-refractivity contribution in [2.24, 2.45) is 0 Å². The highest BCUT2D eigenvalue weighted by Gasteiger charge is 2.16. The van der Waals surface area contributed by atoms with Crippen LogP contribution < -0.4 is 20.3 Å². The van der Waals surface area contributed by atoms with E-state index in [-0.39, 0.29) is 6.61 Å². The van der Waals surface area contributed by atoms with Crippen molar-refractivity contribution in [3.63, 3.8) is 0 Å². The molecule has 2 rings (SSSR count). The number of carbonyl (C=O) groups is 2. The first-order chi connectivity index (χ1) is 14.6. The maximum atomic E-state index is 12.7. The second-order valence-corrected chi connectivity index (χ2v) is 7.47. The lowest BCUT2D eigenvalue weighted by molar-refractivity contribution is 0.0842. The fourth-order valence-corrected chi connectivity index (χ4v) is 3.05. The largest absolute Gasteiger partial charge is 0.493 e. The van der Waals surface area contributed by atoms with E-state index in [4.69, 9.17) is 9.47 Å². The number of hydrogen-bond donors (Lipinski definition) is 2. The van der Waals surface area contributed by atoms with Crippen LogP contribution in [0, 0.1) is 0 Å². The third-order valence-electron chi connectivity index (χ3n) is 4.22. The summed E-state index contributed by atoms with van der Waals surface area (Å²) >= 11 is 3.37. The molecule has 7 heteroatoms. The number of hydrazine groups is 1. The fourth-order valence-electron chi connectivity index (χ4n) is 2.69. The van der Waals surface area contributed by atoms with Crippen LogP contribution in [0.3, 0.4) is 0 Å². The molecule has 0 heterocycles. The SMILES string of the molecule is C=CCOc1ccccc1C(=O)NNC(=O)c1cc(Br)ccc1OCCCCCC. The van der Waals surface area contributed by atoms with E-state index in [2.05, 4.69) is 40.3 Å². The number of benzene rings is 2. The molecule has 2 amide bonds. The van der Waals surface area contributed by atoms with Gasteiger partial charge in [-0.2, -0.15) is 0 Å². The summed E-state index contributed by atoms with van der Waals surface area (Å²) in [5, 5.41) is 0. The van der Waals surface area contributed by atoms with Crippen molar-refractivity contribution >= 4 is 27.7 Å². The zero-order chi connectivity index (χ0) is 21.8. The maximum Gasteiger partial charge on any atom is 0.273 e. The van der Waals surface area contributed by atoms with Crippen molar-refractivity contribution < 1.29 is 19.1 Å². The third kappa shape index (κ3) is 7.22. The van der Waals surface area contributed by atoms with E-state index in [0.717, 1.165) is 30.2 Å². The number of nitrogens with one attached hydrogen (secondary N) is 2. The van der Waals surface area contributed by atoms with Crippen molar-refractivity contribution in [3.8, 4) is 11.5 Å². The smallest absolute Gasteiger partial charge is 0.273 e. The van der Waals surface area contributed by atoms with Gasteiger partial charge in [0.2, 0.25) is 0 Å². The second-order valence-electron chi connectivity index (χ2n) is 6.55. The number of ether oxygens (including phenoxy) is 2. The van der Waals surface area contributed by atoms with Gasteiger partial charge < -0.3 is 9.47 Å². The molecule has 0 saturated heterocycles. The van der Waals surface area contributed by atoms with Crippen molar-refractivity contribution in [1.82, 2.24) is 10.9 Å². The first-order valence-electron chi connectivity index (χ1n) is 9.92. The molecule has 2 aromatic carbocycles. The Bertz CT molecular complexity index is 870. The minimum atomic E-state index is -0.486. The molecule has 0 atom stereocenters. The van der Waals surface area contributed by atoms with Crippen LogP contribution in [0.5, 0.6) is 11.5 Å². The molecular weight excluding hydrogens is 448 g/mol. The van der Waals surface area contributed by atoms with Crippen LogP contribution in [-0.4, -0.2) is 25.0 Å². The van der Waals surface area contributed by atoms with Crippen LogP contribution in [-0.2, 0) is 0 Å². The monoisotopic (exact) mass is 474 g/mol. The molecule has 0 spiro atoms. The fraction of sp³-hybridized carbons (Fsp3) is 0.304. The summed E-state index contributed by atoms with van der Waals surface area (Å²) in [7, 11) is 0. The van der Waals surface area contributed by atoms with E-state index < -0.39 is 11.8 Å². The zero-order valence-electron chi connectivity index (χ0n) is 17.1. The Balaban J connectivity index is 2.01. The Kier molecular flexibility index (Phi) is 9.94. The van der Waals surface area contributed by atoms with Crippen LogP contribution in [0.4, 0.5) is 0 Å². The molecule has 0 fully saturated rings. The molecule has 0 aliphatic heterocycles. The summed E-state index contributed by atoms with van der Waals surface area (Å²) in [5.41, 5.74) is 5.51. The topological polar surface area (TPSA) is 76.7 Å². The first-order valence-corrected chi connectivity index (χ1v) is 10.7. The predicted molar refractivity (Wildman–Crippen MR) is 121 cm³/mol. The Labute approximate surface area is 185 Å². The van der Waals surface area contributed by atoms with Crippen molar-refractivity contribution in [2.75, 3.05) is 13.2 Å². The summed E-state index contributed by atoms with van der Waals surface area (Å²) in [4.78, 5) is 25.2. The lowest BCUT2D eigenvalue weighted by Crippen LogP contribution is -2.41. The van der Waals surface area contributed by atoms with Crippen LogP contribution in [0.1, 0.15) is 53.3 Å². The van der Waals surface area contributed by atoms with Gasteiger partial charge in [-0.3, -0.25) is 20.4 Å². The summed E-state index contributed by atoms with van der Waals surface area (Å²) in [6.07, 6.45) is 5.89. The molecule has 0 aromatic heterocycles. The van der Waals surface area contributed by atoms with E-state index in [1.165, 1.54) is 0 Å². The van der Waals surface area contributed by atoms with E-state index in [1.807, 2.05) is 6.07 Å². The summed E-state index contributed by atoms with van der Waals surface area (Å²) in [6, 6.07) is 12.0. The van der Waals surface area contributed by atoms with Gasteiger partial charge in [0.15, 0.2) is 0 Å². The van der Waals surface area contributed by atoms with Crippen LogP contribution in [0.15, 0.2) is 59.6 Å². The molecule has 30 heavy (non-hydrogen) atoms. The van der Waals surface area contributed by atoms with Gasteiger partial charge in [0, 0.05) is 4.47 Å². The molecule has 0 aliphatic carbocycles. The van der Waals surface area contributed by atoms with Gasteiger partial charge in [-0.25, -0.2) is 0 Å². The first kappa shape index (κ1) is 23.5. The van der Waals surface area contributed by atoms with Crippen molar-refractivity contribution in [3.05, 3.63) is 70.7 Å². The lowest BCUT2D eigenvalue weighted by atomic mass is 10.2. The third-order valence-corrected chi connectivity index (χ3v) is 4.71. The van der Waals surface area contributed by atoms with Gasteiger partial charge in [0.25, 0.3) is 11.8 Å². The van der Waals surface area contributed by atoms with Gasteiger partial charge in [0.05, 0.1) is 17.7 Å². The van der Waals surface area contributed by atoms with Crippen molar-refractivity contribution in [1.29, 1.82) is 0 Å². The second kappa shape index (κ2) is 12.7. The van der Waals surface area contributed by atoms with Crippen LogP contribution >= 0.6 is 15.9 Å². The van der Waals surface area contributed by atoms with Crippen LogP contribution in [0.25, 0.3) is 0 Å². The predicted octanol–water partition coefficient (Wildman–Crippen LogP) is 5.05. The highest BCUT2D eigenvalue weighted by molar-refractivity contribution is 9.10. The Morgan fingerprint density at radius 2 is 1.67 bits per heavy atom. The molecule has 0 bridgehead atoms. The number of carbonyl (C=O) groups excluding carboxylic acids is 2. The number of unbranched alkanes of at least 4 members (excludes halogenated alkanes) is 3. The van der Waals surface area contributed by atoms with E-state index >= 15 is 0 Å². The quantitative estimate of drug-likeness (QED) is 0.271. The summed E-state index contributed by atoms with van der Waals surface area (Å²) < 4.78 is 12.0. The summed E-state index contributed by atoms with van der Waals surface area (Å²) in [6.45, 7) is 6.55. The maximum absolute atomic E-state index is 12.7. The zero-order valence-corrected chi connectivity index (χ0v) is 18.7. The summed E-state index contributed by atoms with van der Waals surface area (Å²) in [5.74, 6) is -0.0865. The van der Waals surface area contributed by atoms with Gasteiger partial charge in [-0.15, -0.1) is 0 Å². The minimum absolute atomic E-state index is 0.271. The number of para-hydroxylation sites is 1. The van der Waals surface area contributed by atoms with Gasteiger partial charge >= 0.3 is 0 Å². The standard InChI is InChI=1S/C23H27BrN2O4/c1-3-5-6-9-15-30-21-13-12-17(24)16-19(21)23(28)26-25-22(27)18-10-7-8-11-20(18)29-14-4-2/h4,7-8,10-13,16H,2-3,5-6,9,14-15H2,1H3,(H,25,27)(H,26,28). The van der Waals surface area contributed by atoms with E-state index in [0.29, 0.717) is 29.2 Å². The lowest BCUT2D eigenvalue weighted by Gasteiger charge is -2.14. The Morgan fingerprint density at radius 1 is 0.967 bits per heavy atom. The number of rotatable bonds is 11. The molecular formula is C23H27BrN2O4. The van der Waals surface area contributed by atoms with Gasteiger partial charge in [0.1, 0.15) is 18.1 Å².